The second-order valence-corrected chi connectivity index (χ2v) is 14.6. The van der Waals surface area contributed by atoms with Crippen LogP contribution in [-0.2, 0) is 9.47 Å². The van der Waals surface area contributed by atoms with Crippen LogP contribution >= 0.6 is 38.6 Å². The van der Waals surface area contributed by atoms with E-state index in [-0.39, 0.29) is 18.2 Å². The number of ether oxygens (including phenoxy) is 3. The van der Waals surface area contributed by atoms with Crippen molar-refractivity contribution in [3.63, 3.8) is 0 Å². The standard InChI is InChI=1S/C27H32BrN5O5S2/c1-14-12-15(8-10-32(14)24(34)37-26(2,3)4)36-23-31-22-21(40-23)30-20(39-22)18-19-16(17(28)13-29-18)9-11-33(19)25(35)38-27(5,6)7/h9,11,13-15H,8,10,12H2,1-7H3/t14-,15+/m1/s1. The lowest BCUT2D eigenvalue weighted by Crippen LogP contribution is -2.49. The van der Waals surface area contributed by atoms with Gasteiger partial charge in [-0.3, -0.25) is 9.55 Å². The third kappa shape index (κ3) is 6.10. The molecule has 0 saturated carbocycles. The van der Waals surface area contributed by atoms with Crippen LogP contribution in [0.4, 0.5) is 9.59 Å². The number of likely N-dealkylation sites (tertiary alicyclic amines) is 1. The van der Waals surface area contributed by atoms with E-state index in [9.17, 15) is 9.59 Å². The Labute approximate surface area is 248 Å². The molecule has 5 rings (SSSR count). The molecule has 214 valence electrons. The lowest BCUT2D eigenvalue weighted by molar-refractivity contribution is -0.00104. The number of carbonyl (C=O) groups is 2. The SMILES string of the molecule is C[C@@H]1C[C@@H](Oc2nc3sc(-c4ncc(Br)c5ccn(C(=O)OC(C)(C)C)c45)nc3s2)CCN1C(=O)OC(C)(C)C. The van der Waals surface area contributed by atoms with E-state index < -0.39 is 17.3 Å². The molecule has 0 unspecified atom stereocenters. The molecule has 1 amide bonds. The summed E-state index contributed by atoms with van der Waals surface area (Å²) in [6.45, 7) is 13.7. The van der Waals surface area contributed by atoms with Crippen LogP contribution < -0.4 is 4.74 Å². The third-order valence-electron chi connectivity index (χ3n) is 6.15. The lowest BCUT2D eigenvalue weighted by atomic mass is 10.0. The second-order valence-electron chi connectivity index (χ2n) is 11.8. The van der Waals surface area contributed by atoms with Gasteiger partial charge in [0.15, 0.2) is 9.66 Å². The number of halogens is 1. The Morgan fingerprint density at radius 3 is 2.35 bits per heavy atom. The van der Waals surface area contributed by atoms with Crippen LogP contribution in [0.3, 0.4) is 0 Å². The van der Waals surface area contributed by atoms with Gasteiger partial charge in [0.1, 0.15) is 28.0 Å². The Hall–Kier alpha value is -2.77. The van der Waals surface area contributed by atoms with E-state index in [1.807, 2.05) is 54.5 Å². The van der Waals surface area contributed by atoms with Crippen LogP contribution in [0.1, 0.15) is 61.3 Å². The van der Waals surface area contributed by atoms with E-state index >= 15 is 0 Å². The number of nitrogens with zero attached hydrogens (tertiary/aromatic N) is 5. The zero-order valence-electron chi connectivity index (χ0n) is 23.5. The molecular formula is C27H32BrN5O5S2. The van der Waals surface area contributed by atoms with Crippen molar-refractivity contribution in [1.82, 2.24) is 24.4 Å². The lowest BCUT2D eigenvalue weighted by Gasteiger charge is -2.37. The minimum atomic E-state index is -0.637. The molecule has 2 atom stereocenters. The Bertz CT molecular complexity index is 1550. The molecule has 1 saturated heterocycles. The smallest absolute Gasteiger partial charge is 0.419 e. The van der Waals surface area contributed by atoms with Crippen molar-refractivity contribution >= 4 is 71.4 Å². The van der Waals surface area contributed by atoms with Crippen molar-refractivity contribution in [3.8, 4) is 15.9 Å². The van der Waals surface area contributed by atoms with Crippen LogP contribution in [0, 0.1) is 0 Å². The monoisotopic (exact) mass is 649 g/mol. The minimum Gasteiger partial charge on any atom is -0.466 e. The zero-order chi connectivity index (χ0) is 29.0. The fourth-order valence-corrected chi connectivity index (χ4v) is 6.86. The summed E-state index contributed by atoms with van der Waals surface area (Å²) in [7, 11) is 0. The Morgan fingerprint density at radius 2 is 1.70 bits per heavy atom. The van der Waals surface area contributed by atoms with Gasteiger partial charge in [-0.1, -0.05) is 22.7 Å². The molecule has 1 aliphatic heterocycles. The number of carbonyl (C=O) groups excluding carboxylic acids is 2. The van der Waals surface area contributed by atoms with Gasteiger partial charge in [-0.05, 0) is 70.5 Å². The summed E-state index contributed by atoms with van der Waals surface area (Å²) in [5, 5.41) is 2.04. The van der Waals surface area contributed by atoms with E-state index in [1.54, 1.807) is 17.3 Å². The maximum atomic E-state index is 13.0. The maximum absolute atomic E-state index is 13.0. The molecule has 5 heterocycles. The summed E-state index contributed by atoms with van der Waals surface area (Å²) in [5.41, 5.74) is 0.0305. The van der Waals surface area contributed by atoms with E-state index in [1.165, 1.54) is 27.2 Å². The average molecular weight is 651 g/mol. The molecule has 1 fully saturated rings. The summed E-state index contributed by atoms with van der Waals surface area (Å²) in [6, 6.07) is 1.84. The van der Waals surface area contributed by atoms with Crippen LogP contribution in [0.25, 0.3) is 31.3 Å². The van der Waals surface area contributed by atoms with Crippen molar-refractivity contribution in [2.24, 2.45) is 0 Å². The molecule has 13 heteroatoms. The van der Waals surface area contributed by atoms with E-state index in [0.717, 1.165) is 19.5 Å². The molecule has 10 nitrogen and oxygen atoms in total. The van der Waals surface area contributed by atoms with Crippen LogP contribution in [-0.4, -0.2) is 66.5 Å². The van der Waals surface area contributed by atoms with Crippen LogP contribution in [0.15, 0.2) is 22.9 Å². The summed E-state index contributed by atoms with van der Waals surface area (Å²) in [6.07, 6.45) is 3.94. The van der Waals surface area contributed by atoms with Gasteiger partial charge in [-0.15, -0.1) is 0 Å². The molecule has 0 spiro atoms. The number of amides is 1. The fourth-order valence-electron chi connectivity index (χ4n) is 4.48. The Morgan fingerprint density at radius 1 is 1.02 bits per heavy atom. The largest absolute Gasteiger partial charge is 0.466 e. The molecule has 1 aliphatic rings. The number of piperidine rings is 1. The highest BCUT2D eigenvalue weighted by atomic mass is 79.9. The van der Waals surface area contributed by atoms with Crippen molar-refractivity contribution in [3.05, 3.63) is 22.9 Å². The van der Waals surface area contributed by atoms with Gasteiger partial charge in [0.2, 0.25) is 0 Å². The Balaban J connectivity index is 1.34. The van der Waals surface area contributed by atoms with E-state index in [4.69, 9.17) is 19.2 Å². The van der Waals surface area contributed by atoms with Gasteiger partial charge in [0, 0.05) is 47.7 Å². The van der Waals surface area contributed by atoms with Crippen LogP contribution in [0.5, 0.6) is 5.19 Å². The number of rotatable bonds is 3. The van der Waals surface area contributed by atoms with Crippen molar-refractivity contribution in [1.29, 1.82) is 0 Å². The summed E-state index contributed by atoms with van der Waals surface area (Å²) >= 11 is 6.31. The number of fused-ring (bicyclic) bond motifs is 2. The van der Waals surface area contributed by atoms with Gasteiger partial charge in [0.05, 0.1) is 5.52 Å². The first-order chi connectivity index (χ1) is 18.7. The predicted molar refractivity (Wildman–Crippen MR) is 159 cm³/mol. The molecule has 40 heavy (non-hydrogen) atoms. The number of hydrogen-bond acceptors (Lipinski definition) is 10. The van der Waals surface area contributed by atoms with Gasteiger partial charge in [-0.25, -0.2) is 14.6 Å². The summed E-state index contributed by atoms with van der Waals surface area (Å²) in [5.74, 6) is 0. The number of pyridine rings is 1. The van der Waals surface area contributed by atoms with Crippen molar-refractivity contribution in [2.45, 2.75) is 84.7 Å². The fraction of sp³-hybridized carbons (Fsp3) is 0.519. The number of aromatic nitrogens is 4. The number of hydrogen-bond donors (Lipinski definition) is 0. The van der Waals surface area contributed by atoms with Gasteiger partial charge < -0.3 is 19.1 Å². The predicted octanol–water partition coefficient (Wildman–Crippen LogP) is 7.48. The first-order valence-corrected chi connectivity index (χ1v) is 15.4. The Kier molecular flexibility index (Phi) is 7.60. The summed E-state index contributed by atoms with van der Waals surface area (Å²) < 4.78 is 19.6. The second kappa shape index (κ2) is 10.6. The van der Waals surface area contributed by atoms with Gasteiger partial charge in [0.25, 0.3) is 5.19 Å². The highest BCUT2D eigenvalue weighted by Crippen LogP contribution is 2.39. The molecule has 0 radical (unpaired) electrons. The van der Waals surface area contributed by atoms with E-state index in [0.29, 0.717) is 40.8 Å². The molecule has 0 aliphatic carbocycles. The zero-order valence-corrected chi connectivity index (χ0v) is 26.7. The third-order valence-corrected chi connectivity index (χ3v) is 8.70. The minimum absolute atomic E-state index is 0.00786. The molecular weight excluding hydrogens is 618 g/mol. The van der Waals surface area contributed by atoms with Gasteiger partial charge >= 0.3 is 12.2 Å². The molecule has 4 aromatic heterocycles. The molecule has 0 aromatic carbocycles. The molecule has 0 bridgehead atoms. The normalized spacial score (nSPS) is 18.4. The average Bonchev–Trinajstić information content (AvgIpc) is 3.51. The number of thiazole rings is 2. The topological polar surface area (TPSA) is 109 Å². The van der Waals surface area contributed by atoms with Crippen LogP contribution in [0.2, 0.25) is 0 Å². The van der Waals surface area contributed by atoms with Crippen molar-refractivity contribution < 1.29 is 23.8 Å². The van der Waals surface area contributed by atoms with E-state index in [2.05, 4.69) is 25.9 Å². The first-order valence-electron chi connectivity index (χ1n) is 13.0. The molecule has 4 aromatic rings. The summed E-state index contributed by atoms with van der Waals surface area (Å²) in [4.78, 5) is 42.8. The maximum Gasteiger partial charge on any atom is 0.419 e. The highest BCUT2D eigenvalue weighted by Gasteiger charge is 2.33. The van der Waals surface area contributed by atoms with Gasteiger partial charge in [-0.2, -0.15) is 4.98 Å². The quantitative estimate of drug-likeness (QED) is 0.225. The highest BCUT2D eigenvalue weighted by molar-refractivity contribution is 9.10. The first kappa shape index (κ1) is 28.7. The molecule has 0 N–H and O–H groups in total. The van der Waals surface area contributed by atoms with Crippen molar-refractivity contribution in [2.75, 3.05) is 6.54 Å².